The van der Waals surface area contributed by atoms with Crippen LogP contribution in [0.1, 0.15) is 5.56 Å². The standard InChI is InChI=1S/C18H17Cl2N3O2/c1-21(10-12-7-8-13(19)14(20)9-12)17(24)11-23-16-6-4-3-5-15(16)22(2)18(23)25/h3-9H,10-11H2,1-2H3. The molecule has 0 atom stereocenters. The Kier molecular flexibility index (Phi) is 4.88. The van der Waals surface area contributed by atoms with Gasteiger partial charge in [-0.2, -0.15) is 0 Å². The van der Waals surface area contributed by atoms with Crippen LogP contribution in [0.3, 0.4) is 0 Å². The van der Waals surface area contributed by atoms with E-state index >= 15 is 0 Å². The first-order valence-electron chi connectivity index (χ1n) is 7.70. The molecule has 1 amide bonds. The van der Waals surface area contributed by atoms with Gasteiger partial charge in [-0.05, 0) is 29.8 Å². The Hall–Kier alpha value is -2.24. The van der Waals surface area contributed by atoms with Gasteiger partial charge in [-0.25, -0.2) is 4.79 Å². The summed E-state index contributed by atoms with van der Waals surface area (Å²) in [6.45, 7) is 0.368. The number of hydrogen-bond donors (Lipinski definition) is 0. The summed E-state index contributed by atoms with van der Waals surface area (Å²) in [5.41, 5.74) is 2.20. The number of amides is 1. The first-order chi connectivity index (χ1) is 11.9. The first kappa shape index (κ1) is 17.6. The van der Waals surface area contributed by atoms with Crippen LogP contribution in [0.5, 0.6) is 0 Å². The molecule has 0 saturated carbocycles. The molecule has 0 unspecified atom stereocenters. The van der Waals surface area contributed by atoms with Gasteiger partial charge in [0.25, 0.3) is 0 Å². The molecule has 0 bridgehead atoms. The van der Waals surface area contributed by atoms with E-state index in [0.29, 0.717) is 16.6 Å². The number of likely N-dealkylation sites (N-methyl/N-ethyl adjacent to an activating group) is 1. The van der Waals surface area contributed by atoms with Crippen LogP contribution >= 0.6 is 23.2 Å². The van der Waals surface area contributed by atoms with Crippen LogP contribution in [0.4, 0.5) is 0 Å². The van der Waals surface area contributed by atoms with Gasteiger partial charge >= 0.3 is 5.69 Å². The number of imidazole rings is 1. The van der Waals surface area contributed by atoms with E-state index in [1.807, 2.05) is 30.3 Å². The fourth-order valence-corrected chi connectivity index (χ4v) is 3.09. The summed E-state index contributed by atoms with van der Waals surface area (Å²) in [4.78, 5) is 26.5. The molecule has 7 heteroatoms. The van der Waals surface area contributed by atoms with Crippen molar-refractivity contribution in [1.82, 2.24) is 14.0 Å². The van der Waals surface area contributed by atoms with Crippen LogP contribution in [0, 0.1) is 0 Å². The molecule has 0 fully saturated rings. The van der Waals surface area contributed by atoms with Gasteiger partial charge in [0.05, 0.1) is 21.1 Å². The quantitative estimate of drug-likeness (QED) is 0.700. The molecule has 0 radical (unpaired) electrons. The zero-order chi connectivity index (χ0) is 18.1. The number of nitrogens with zero attached hydrogens (tertiary/aromatic N) is 3. The number of carbonyl (C=O) groups is 1. The molecule has 25 heavy (non-hydrogen) atoms. The Morgan fingerprint density at radius 3 is 2.44 bits per heavy atom. The highest BCUT2D eigenvalue weighted by Gasteiger charge is 2.16. The SMILES string of the molecule is CN(Cc1ccc(Cl)c(Cl)c1)C(=O)Cn1c(=O)n(C)c2ccccc21. The predicted molar refractivity (Wildman–Crippen MR) is 100 cm³/mol. The highest BCUT2D eigenvalue weighted by atomic mass is 35.5. The van der Waals surface area contributed by atoms with Gasteiger partial charge in [0.15, 0.2) is 0 Å². The second-order valence-corrected chi connectivity index (χ2v) is 6.73. The lowest BCUT2D eigenvalue weighted by atomic mass is 10.2. The normalized spacial score (nSPS) is 11.0. The summed E-state index contributed by atoms with van der Waals surface area (Å²) < 4.78 is 3.03. The summed E-state index contributed by atoms with van der Waals surface area (Å²) in [5.74, 6) is -0.162. The predicted octanol–water partition coefficient (Wildman–Crippen LogP) is 3.31. The van der Waals surface area contributed by atoms with Gasteiger partial charge in [-0.1, -0.05) is 41.4 Å². The maximum atomic E-state index is 12.6. The lowest BCUT2D eigenvalue weighted by Crippen LogP contribution is -2.33. The minimum absolute atomic E-state index is 0.0159. The van der Waals surface area contributed by atoms with Crippen molar-refractivity contribution in [1.29, 1.82) is 0 Å². The number of aryl methyl sites for hydroxylation is 1. The summed E-state index contributed by atoms with van der Waals surface area (Å²) in [6.07, 6.45) is 0. The molecule has 0 N–H and O–H groups in total. The maximum absolute atomic E-state index is 12.6. The number of rotatable bonds is 4. The van der Waals surface area contributed by atoms with E-state index in [-0.39, 0.29) is 18.1 Å². The fraction of sp³-hybridized carbons (Fsp3) is 0.222. The van der Waals surface area contributed by atoms with E-state index < -0.39 is 0 Å². The molecular weight excluding hydrogens is 361 g/mol. The molecule has 3 aromatic rings. The number of fused-ring (bicyclic) bond motifs is 1. The average Bonchev–Trinajstić information content (AvgIpc) is 2.83. The number of halogens is 2. The van der Waals surface area contributed by atoms with Crippen molar-refractivity contribution in [3.8, 4) is 0 Å². The lowest BCUT2D eigenvalue weighted by molar-refractivity contribution is -0.131. The topological polar surface area (TPSA) is 47.2 Å². The molecule has 0 aliphatic carbocycles. The van der Waals surface area contributed by atoms with Crippen molar-refractivity contribution in [2.24, 2.45) is 7.05 Å². The molecule has 1 aromatic heterocycles. The largest absolute Gasteiger partial charge is 0.340 e. The van der Waals surface area contributed by atoms with Crippen LogP contribution in [0.15, 0.2) is 47.3 Å². The third-order valence-corrected chi connectivity index (χ3v) is 4.91. The van der Waals surface area contributed by atoms with E-state index in [0.717, 1.165) is 16.6 Å². The number of para-hydroxylation sites is 2. The second-order valence-electron chi connectivity index (χ2n) is 5.91. The van der Waals surface area contributed by atoms with Crippen LogP contribution in [-0.4, -0.2) is 27.0 Å². The minimum atomic E-state index is -0.211. The van der Waals surface area contributed by atoms with Gasteiger partial charge in [0, 0.05) is 20.6 Å². The van der Waals surface area contributed by atoms with Crippen molar-refractivity contribution >= 4 is 40.1 Å². The first-order valence-corrected chi connectivity index (χ1v) is 8.46. The molecule has 0 aliphatic heterocycles. The molecule has 0 aliphatic rings. The Morgan fingerprint density at radius 1 is 1.08 bits per heavy atom. The van der Waals surface area contributed by atoms with Gasteiger partial charge in [-0.15, -0.1) is 0 Å². The van der Waals surface area contributed by atoms with E-state index in [2.05, 4.69) is 0 Å². The van der Waals surface area contributed by atoms with E-state index in [1.54, 1.807) is 35.7 Å². The number of hydrogen-bond acceptors (Lipinski definition) is 2. The Bertz CT molecular complexity index is 1010. The van der Waals surface area contributed by atoms with Crippen LogP contribution in [0.25, 0.3) is 11.0 Å². The molecule has 1 heterocycles. The third kappa shape index (κ3) is 3.43. The molecular formula is C18H17Cl2N3O2. The summed E-state index contributed by atoms with van der Waals surface area (Å²) in [7, 11) is 3.39. The molecule has 5 nitrogen and oxygen atoms in total. The smallest absolute Gasteiger partial charge is 0.329 e. The zero-order valence-corrected chi connectivity index (χ0v) is 15.4. The second kappa shape index (κ2) is 6.94. The Labute approximate surface area is 155 Å². The fourth-order valence-electron chi connectivity index (χ4n) is 2.77. The Balaban J connectivity index is 1.81. The molecule has 3 rings (SSSR count). The van der Waals surface area contributed by atoms with E-state index in [1.165, 1.54) is 4.57 Å². The average molecular weight is 378 g/mol. The molecule has 130 valence electrons. The third-order valence-electron chi connectivity index (χ3n) is 4.17. The van der Waals surface area contributed by atoms with E-state index in [9.17, 15) is 9.59 Å². The number of carbonyl (C=O) groups excluding carboxylic acids is 1. The zero-order valence-electron chi connectivity index (χ0n) is 13.9. The minimum Gasteiger partial charge on any atom is -0.340 e. The number of aromatic nitrogens is 2. The highest BCUT2D eigenvalue weighted by Crippen LogP contribution is 2.23. The van der Waals surface area contributed by atoms with Gasteiger partial charge in [0.2, 0.25) is 5.91 Å². The monoisotopic (exact) mass is 377 g/mol. The van der Waals surface area contributed by atoms with Crippen LogP contribution in [0.2, 0.25) is 10.0 Å². The molecule has 2 aromatic carbocycles. The summed E-state index contributed by atoms with van der Waals surface area (Å²) in [6, 6.07) is 12.7. The summed E-state index contributed by atoms with van der Waals surface area (Å²) in [5, 5.41) is 0.923. The van der Waals surface area contributed by atoms with Crippen molar-refractivity contribution in [3.05, 3.63) is 68.6 Å². The van der Waals surface area contributed by atoms with Crippen LogP contribution in [-0.2, 0) is 24.9 Å². The van der Waals surface area contributed by atoms with Crippen molar-refractivity contribution < 1.29 is 4.79 Å². The van der Waals surface area contributed by atoms with Gasteiger partial charge < -0.3 is 4.90 Å². The van der Waals surface area contributed by atoms with Crippen molar-refractivity contribution in [2.75, 3.05) is 7.05 Å². The molecule has 0 saturated heterocycles. The van der Waals surface area contributed by atoms with Gasteiger partial charge in [-0.3, -0.25) is 13.9 Å². The molecule has 0 spiro atoms. The van der Waals surface area contributed by atoms with Crippen LogP contribution < -0.4 is 5.69 Å². The summed E-state index contributed by atoms with van der Waals surface area (Å²) >= 11 is 11.9. The van der Waals surface area contributed by atoms with Crippen molar-refractivity contribution in [2.45, 2.75) is 13.1 Å². The Morgan fingerprint density at radius 2 is 1.76 bits per heavy atom. The van der Waals surface area contributed by atoms with Crippen molar-refractivity contribution in [3.63, 3.8) is 0 Å². The van der Waals surface area contributed by atoms with E-state index in [4.69, 9.17) is 23.2 Å². The van der Waals surface area contributed by atoms with Gasteiger partial charge in [0.1, 0.15) is 6.54 Å². The number of benzene rings is 2. The maximum Gasteiger partial charge on any atom is 0.329 e. The highest BCUT2D eigenvalue weighted by molar-refractivity contribution is 6.42. The lowest BCUT2D eigenvalue weighted by Gasteiger charge is -2.18.